The number of carbonyl (C=O) groups excluding carboxylic acids is 1. The number of hydrogen-bond acceptors (Lipinski definition) is 10. The number of morpholine rings is 2. The fraction of sp³-hybridized carbons (Fsp3) is 0.565. The van der Waals surface area contributed by atoms with E-state index in [2.05, 4.69) is 39.0 Å². The van der Waals surface area contributed by atoms with E-state index in [-0.39, 0.29) is 5.91 Å². The first-order valence-corrected chi connectivity index (χ1v) is 12.9. The molecular formula is C23H31N7O3S. The zero-order chi connectivity index (χ0) is 23.2. The highest BCUT2D eigenvalue weighted by atomic mass is 32.2. The van der Waals surface area contributed by atoms with E-state index in [1.165, 1.54) is 17.4 Å². The minimum atomic E-state index is 0.124. The standard InChI is InChI=1S/C23H31N7O3S/c31-20(28-8-6-27(7-9-28)19-4-2-1-3-5-19)18-34-23-25-21(29-10-14-32-15-11-29)24-22(26-23)30-12-16-33-17-13-30/h1-5H,6-18H2. The smallest absolute Gasteiger partial charge is 0.233 e. The molecular weight excluding hydrogens is 454 g/mol. The van der Waals surface area contributed by atoms with Crippen LogP contribution in [0.5, 0.6) is 0 Å². The van der Waals surface area contributed by atoms with E-state index >= 15 is 0 Å². The van der Waals surface area contributed by atoms with Crippen molar-refractivity contribution in [3.63, 3.8) is 0 Å². The molecule has 0 radical (unpaired) electrons. The van der Waals surface area contributed by atoms with Crippen molar-refractivity contribution < 1.29 is 14.3 Å². The number of thioether (sulfide) groups is 1. The molecule has 2 aromatic rings. The van der Waals surface area contributed by atoms with E-state index in [0.29, 0.717) is 49.2 Å². The van der Waals surface area contributed by atoms with Gasteiger partial charge in [-0.05, 0) is 12.1 Å². The lowest BCUT2D eigenvalue weighted by Crippen LogP contribution is -2.49. The number of piperazine rings is 1. The molecule has 10 nitrogen and oxygen atoms in total. The van der Waals surface area contributed by atoms with E-state index < -0.39 is 0 Å². The fourth-order valence-electron chi connectivity index (χ4n) is 4.28. The van der Waals surface area contributed by atoms with E-state index in [9.17, 15) is 4.79 Å². The molecule has 34 heavy (non-hydrogen) atoms. The predicted molar refractivity (Wildman–Crippen MR) is 132 cm³/mol. The van der Waals surface area contributed by atoms with Crippen LogP contribution in [0, 0.1) is 0 Å². The second-order valence-electron chi connectivity index (χ2n) is 8.41. The van der Waals surface area contributed by atoms with Crippen LogP contribution in [-0.2, 0) is 14.3 Å². The Morgan fingerprint density at radius 3 is 1.85 bits per heavy atom. The Labute approximate surface area is 204 Å². The average Bonchev–Trinajstić information content (AvgIpc) is 2.93. The van der Waals surface area contributed by atoms with Crippen LogP contribution >= 0.6 is 11.8 Å². The summed E-state index contributed by atoms with van der Waals surface area (Å²) in [6.07, 6.45) is 0. The summed E-state index contributed by atoms with van der Waals surface area (Å²) in [7, 11) is 0. The Balaban J connectivity index is 1.22. The quantitative estimate of drug-likeness (QED) is 0.552. The van der Waals surface area contributed by atoms with E-state index in [1.807, 2.05) is 11.0 Å². The van der Waals surface area contributed by atoms with Crippen molar-refractivity contribution in [2.45, 2.75) is 5.16 Å². The maximum atomic E-state index is 12.9. The lowest BCUT2D eigenvalue weighted by atomic mass is 10.2. The number of aromatic nitrogens is 3. The number of anilines is 3. The van der Waals surface area contributed by atoms with Crippen molar-refractivity contribution in [1.82, 2.24) is 19.9 Å². The van der Waals surface area contributed by atoms with Gasteiger partial charge in [0.2, 0.25) is 17.8 Å². The van der Waals surface area contributed by atoms with Crippen LogP contribution in [0.15, 0.2) is 35.5 Å². The first-order chi connectivity index (χ1) is 16.8. The molecule has 1 aromatic carbocycles. The first kappa shape index (κ1) is 23.1. The normalized spacial score (nSPS) is 19.4. The second kappa shape index (κ2) is 11.2. The molecule has 11 heteroatoms. The highest BCUT2D eigenvalue weighted by Gasteiger charge is 2.24. The van der Waals surface area contributed by atoms with Crippen LogP contribution in [0.25, 0.3) is 0 Å². The Morgan fingerprint density at radius 2 is 1.29 bits per heavy atom. The minimum Gasteiger partial charge on any atom is -0.378 e. The molecule has 0 N–H and O–H groups in total. The van der Waals surface area contributed by atoms with Gasteiger partial charge in [0, 0.05) is 58.0 Å². The lowest BCUT2D eigenvalue weighted by Gasteiger charge is -2.36. The van der Waals surface area contributed by atoms with Gasteiger partial charge in [-0.15, -0.1) is 0 Å². The molecule has 0 atom stereocenters. The van der Waals surface area contributed by atoms with Crippen LogP contribution in [0.3, 0.4) is 0 Å². The van der Waals surface area contributed by atoms with Gasteiger partial charge in [0.15, 0.2) is 5.16 Å². The topological polar surface area (TPSA) is 87.2 Å². The maximum absolute atomic E-state index is 12.9. The Morgan fingerprint density at radius 1 is 0.735 bits per heavy atom. The van der Waals surface area contributed by atoms with Gasteiger partial charge in [0.25, 0.3) is 0 Å². The summed E-state index contributed by atoms with van der Waals surface area (Å²) in [5.74, 6) is 1.76. The number of para-hydroxylation sites is 1. The molecule has 0 spiro atoms. The summed E-state index contributed by atoms with van der Waals surface area (Å²) < 4.78 is 11.0. The van der Waals surface area contributed by atoms with Gasteiger partial charge < -0.3 is 29.1 Å². The van der Waals surface area contributed by atoms with Gasteiger partial charge in [0.1, 0.15) is 0 Å². The van der Waals surface area contributed by atoms with Gasteiger partial charge in [-0.2, -0.15) is 15.0 Å². The zero-order valence-corrected chi connectivity index (χ0v) is 20.2. The molecule has 4 heterocycles. The third kappa shape index (κ3) is 5.70. The average molecular weight is 486 g/mol. The number of carbonyl (C=O) groups is 1. The third-order valence-electron chi connectivity index (χ3n) is 6.26. The molecule has 5 rings (SSSR count). The molecule has 3 saturated heterocycles. The monoisotopic (exact) mass is 485 g/mol. The molecule has 1 aromatic heterocycles. The highest BCUT2D eigenvalue weighted by molar-refractivity contribution is 7.99. The van der Waals surface area contributed by atoms with E-state index in [4.69, 9.17) is 24.4 Å². The number of amides is 1. The predicted octanol–water partition coefficient (Wildman–Crippen LogP) is 0.986. The van der Waals surface area contributed by atoms with Gasteiger partial charge in [-0.3, -0.25) is 4.79 Å². The first-order valence-electron chi connectivity index (χ1n) is 11.9. The van der Waals surface area contributed by atoms with Crippen LogP contribution in [0.4, 0.5) is 17.6 Å². The van der Waals surface area contributed by atoms with Crippen molar-refractivity contribution in [2.24, 2.45) is 0 Å². The SMILES string of the molecule is O=C(CSc1nc(N2CCOCC2)nc(N2CCOCC2)n1)N1CCN(c2ccccc2)CC1. The summed E-state index contributed by atoms with van der Waals surface area (Å²) in [6.45, 7) is 8.79. The van der Waals surface area contributed by atoms with Crippen molar-refractivity contribution in [1.29, 1.82) is 0 Å². The van der Waals surface area contributed by atoms with Crippen molar-refractivity contribution in [3.8, 4) is 0 Å². The summed E-state index contributed by atoms with van der Waals surface area (Å²) in [4.78, 5) is 35.6. The Hall–Kier alpha value is -2.63. The second-order valence-corrected chi connectivity index (χ2v) is 9.35. The summed E-state index contributed by atoms with van der Waals surface area (Å²) in [5.41, 5.74) is 1.21. The number of rotatable bonds is 6. The molecule has 3 aliphatic rings. The maximum Gasteiger partial charge on any atom is 0.233 e. The molecule has 0 unspecified atom stereocenters. The number of hydrogen-bond donors (Lipinski definition) is 0. The van der Waals surface area contributed by atoms with Crippen LogP contribution in [-0.4, -0.2) is 110 Å². The van der Waals surface area contributed by atoms with Gasteiger partial charge in [-0.1, -0.05) is 30.0 Å². The molecule has 182 valence electrons. The molecule has 3 fully saturated rings. The molecule has 0 saturated carbocycles. The zero-order valence-electron chi connectivity index (χ0n) is 19.3. The van der Waals surface area contributed by atoms with Gasteiger partial charge >= 0.3 is 0 Å². The third-order valence-corrected chi connectivity index (χ3v) is 7.09. The number of nitrogens with zero attached hydrogens (tertiary/aromatic N) is 7. The van der Waals surface area contributed by atoms with Crippen LogP contribution in [0.1, 0.15) is 0 Å². The molecule has 0 aliphatic carbocycles. The highest BCUT2D eigenvalue weighted by Crippen LogP contribution is 2.23. The van der Waals surface area contributed by atoms with Crippen LogP contribution < -0.4 is 14.7 Å². The summed E-state index contributed by atoms with van der Waals surface area (Å²) in [6, 6.07) is 10.4. The molecule has 1 amide bonds. The van der Waals surface area contributed by atoms with Crippen molar-refractivity contribution in [3.05, 3.63) is 30.3 Å². The van der Waals surface area contributed by atoms with Gasteiger partial charge in [0.05, 0.1) is 32.2 Å². The number of ether oxygens (including phenoxy) is 2. The van der Waals surface area contributed by atoms with Crippen LogP contribution in [0.2, 0.25) is 0 Å². The minimum absolute atomic E-state index is 0.124. The van der Waals surface area contributed by atoms with E-state index in [0.717, 1.165) is 52.4 Å². The summed E-state index contributed by atoms with van der Waals surface area (Å²) in [5, 5.41) is 0.592. The van der Waals surface area contributed by atoms with E-state index in [1.54, 1.807) is 0 Å². The Bertz CT molecular complexity index is 911. The fourth-order valence-corrected chi connectivity index (χ4v) is 5.01. The largest absolute Gasteiger partial charge is 0.378 e. The van der Waals surface area contributed by atoms with Crippen molar-refractivity contribution in [2.75, 3.05) is 99.2 Å². The Kier molecular flexibility index (Phi) is 7.62. The summed E-state index contributed by atoms with van der Waals surface area (Å²) >= 11 is 1.39. The molecule has 3 aliphatic heterocycles. The van der Waals surface area contributed by atoms with Crippen molar-refractivity contribution >= 4 is 35.3 Å². The lowest BCUT2D eigenvalue weighted by molar-refractivity contribution is -0.128. The molecule has 0 bridgehead atoms. The number of benzene rings is 1. The van der Waals surface area contributed by atoms with Gasteiger partial charge in [-0.25, -0.2) is 0 Å².